The van der Waals surface area contributed by atoms with Crippen molar-refractivity contribution in [2.45, 2.75) is 18.8 Å². The van der Waals surface area contributed by atoms with Crippen LogP contribution >= 0.6 is 0 Å². The fraction of sp³-hybridized carbons (Fsp3) is 0.350. The minimum atomic E-state index is -4.73. The summed E-state index contributed by atoms with van der Waals surface area (Å²) in [6, 6.07) is 15.6. The molecule has 1 heterocycles. The van der Waals surface area contributed by atoms with Gasteiger partial charge in [-0.05, 0) is 23.3 Å². The first-order valence-electron chi connectivity index (χ1n) is 8.55. The average Bonchev–Trinajstić information content (AvgIpc) is 3.05. The molecule has 3 rings (SSSR count). The summed E-state index contributed by atoms with van der Waals surface area (Å²) in [5.41, 5.74) is 1.92. The lowest BCUT2D eigenvalue weighted by Crippen LogP contribution is -2.24. The van der Waals surface area contributed by atoms with Crippen LogP contribution in [0, 0.1) is 5.92 Å². The van der Waals surface area contributed by atoms with Crippen molar-refractivity contribution in [3.8, 4) is 5.75 Å². The van der Waals surface area contributed by atoms with Crippen LogP contribution in [0.3, 0.4) is 0 Å². The Morgan fingerprint density at radius 3 is 2.33 bits per heavy atom. The van der Waals surface area contributed by atoms with Gasteiger partial charge in [-0.3, -0.25) is 9.69 Å². The highest BCUT2D eigenvalue weighted by atomic mass is 19.4. The number of hydrogen-bond acceptors (Lipinski definition) is 4. The molecule has 1 fully saturated rings. The Hall–Kier alpha value is -2.54. The standard InChI is InChI=1S/C20H20F3NO3/c1-26-19(25)18-13-24(11-14-5-3-2-4-6-14)12-17(18)15-7-9-16(10-8-15)27-20(21,22)23/h2-10,17-18H,11-13H2,1H3. The van der Waals surface area contributed by atoms with Crippen LogP contribution < -0.4 is 4.74 Å². The van der Waals surface area contributed by atoms with Gasteiger partial charge in [-0.15, -0.1) is 13.2 Å². The fourth-order valence-electron chi connectivity index (χ4n) is 3.50. The molecule has 1 saturated heterocycles. The molecule has 2 aromatic carbocycles. The number of esters is 1. The Kier molecular flexibility index (Phi) is 5.70. The number of hydrogen-bond donors (Lipinski definition) is 0. The summed E-state index contributed by atoms with van der Waals surface area (Å²) in [4.78, 5) is 14.4. The van der Waals surface area contributed by atoms with Gasteiger partial charge in [0.25, 0.3) is 0 Å². The summed E-state index contributed by atoms with van der Waals surface area (Å²) in [6.07, 6.45) is -4.73. The molecule has 0 aromatic heterocycles. The Bertz CT molecular complexity index is 762. The Morgan fingerprint density at radius 1 is 1.07 bits per heavy atom. The highest BCUT2D eigenvalue weighted by Crippen LogP contribution is 2.35. The van der Waals surface area contributed by atoms with Crippen molar-refractivity contribution in [1.29, 1.82) is 0 Å². The number of nitrogens with zero attached hydrogens (tertiary/aromatic N) is 1. The molecule has 2 aromatic rings. The lowest BCUT2D eigenvalue weighted by atomic mass is 9.89. The first-order chi connectivity index (χ1) is 12.9. The molecule has 2 atom stereocenters. The molecule has 0 spiro atoms. The Labute approximate surface area is 155 Å². The monoisotopic (exact) mass is 379 g/mol. The minimum Gasteiger partial charge on any atom is -0.469 e. The van der Waals surface area contributed by atoms with Gasteiger partial charge in [0.1, 0.15) is 5.75 Å². The average molecular weight is 379 g/mol. The number of methoxy groups -OCH3 is 1. The Balaban J connectivity index is 1.76. The molecule has 7 heteroatoms. The van der Waals surface area contributed by atoms with Crippen LogP contribution in [-0.2, 0) is 16.1 Å². The van der Waals surface area contributed by atoms with Crippen molar-refractivity contribution in [2.75, 3.05) is 20.2 Å². The quantitative estimate of drug-likeness (QED) is 0.737. The van der Waals surface area contributed by atoms with E-state index >= 15 is 0 Å². The van der Waals surface area contributed by atoms with Gasteiger partial charge in [-0.1, -0.05) is 42.5 Å². The summed E-state index contributed by atoms with van der Waals surface area (Å²) < 4.78 is 45.8. The van der Waals surface area contributed by atoms with Crippen molar-refractivity contribution in [2.24, 2.45) is 5.92 Å². The summed E-state index contributed by atoms with van der Waals surface area (Å²) >= 11 is 0. The van der Waals surface area contributed by atoms with E-state index in [0.717, 1.165) is 11.1 Å². The van der Waals surface area contributed by atoms with Crippen molar-refractivity contribution < 1.29 is 27.4 Å². The van der Waals surface area contributed by atoms with E-state index in [1.165, 1.54) is 19.2 Å². The molecule has 27 heavy (non-hydrogen) atoms. The molecule has 0 saturated carbocycles. The molecule has 4 nitrogen and oxygen atoms in total. The zero-order valence-electron chi connectivity index (χ0n) is 14.8. The van der Waals surface area contributed by atoms with Crippen LogP contribution in [0.15, 0.2) is 54.6 Å². The third-order valence-corrected chi connectivity index (χ3v) is 4.69. The number of ether oxygens (including phenoxy) is 2. The number of halogens is 3. The fourth-order valence-corrected chi connectivity index (χ4v) is 3.50. The second-order valence-electron chi connectivity index (χ2n) is 6.53. The van der Waals surface area contributed by atoms with Crippen molar-refractivity contribution >= 4 is 5.97 Å². The summed E-state index contributed by atoms with van der Waals surface area (Å²) in [6.45, 7) is 1.85. The van der Waals surface area contributed by atoms with E-state index in [-0.39, 0.29) is 23.6 Å². The van der Waals surface area contributed by atoms with Gasteiger partial charge in [0, 0.05) is 25.6 Å². The van der Waals surface area contributed by atoms with Crippen LogP contribution in [0.1, 0.15) is 17.0 Å². The van der Waals surface area contributed by atoms with Gasteiger partial charge in [0.15, 0.2) is 0 Å². The molecule has 0 N–H and O–H groups in total. The highest BCUT2D eigenvalue weighted by molar-refractivity contribution is 5.74. The van der Waals surface area contributed by atoms with Gasteiger partial charge in [-0.2, -0.15) is 0 Å². The predicted molar refractivity (Wildman–Crippen MR) is 93.1 cm³/mol. The van der Waals surface area contributed by atoms with Crippen molar-refractivity contribution in [3.63, 3.8) is 0 Å². The van der Waals surface area contributed by atoms with E-state index in [0.29, 0.717) is 19.6 Å². The van der Waals surface area contributed by atoms with Gasteiger partial charge in [0.2, 0.25) is 0 Å². The number of alkyl halides is 3. The number of rotatable bonds is 5. The van der Waals surface area contributed by atoms with Crippen LogP contribution in [-0.4, -0.2) is 37.4 Å². The number of benzene rings is 2. The molecule has 1 aliphatic rings. The third kappa shape index (κ3) is 5.01. The third-order valence-electron chi connectivity index (χ3n) is 4.69. The highest BCUT2D eigenvalue weighted by Gasteiger charge is 2.39. The van der Waals surface area contributed by atoms with Crippen LogP contribution in [0.5, 0.6) is 5.75 Å². The number of carbonyl (C=O) groups is 1. The zero-order chi connectivity index (χ0) is 19.4. The van der Waals surface area contributed by atoms with Crippen molar-refractivity contribution in [1.82, 2.24) is 4.90 Å². The summed E-state index contributed by atoms with van der Waals surface area (Å²) in [5.74, 6) is -1.11. The second kappa shape index (κ2) is 8.00. The molecule has 0 aliphatic carbocycles. The van der Waals surface area contributed by atoms with Gasteiger partial charge >= 0.3 is 12.3 Å². The molecular formula is C20H20F3NO3. The van der Waals surface area contributed by atoms with Crippen LogP contribution in [0.2, 0.25) is 0 Å². The molecule has 0 amide bonds. The summed E-state index contributed by atoms with van der Waals surface area (Å²) in [7, 11) is 1.35. The van der Waals surface area contributed by atoms with E-state index in [9.17, 15) is 18.0 Å². The molecule has 1 aliphatic heterocycles. The molecule has 0 bridgehead atoms. The lowest BCUT2D eigenvalue weighted by Gasteiger charge is -2.17. The maximum absolute atomic E-state index is 12.3. The molecule has 0 radical (unpaired) electrons. The Morgan fingerprint density at radius 2 is 1.74 bits per heavy atom. The zero-order valence-corrected chi connectivity index (χ0v) is 14.8. The van der Waals surface area contributed by atoms with Crippen molar-refractivity contribution in [3.05, 3.63) is 65.7 Å². The first kappa shape index (κ1) is 19.2. The van der Waals surface area contributed by atoms with E-state index in [4.69, 9.17) is 4.74 Å². The van der Waals surface area contributed by atoms with Gasteiger partial charge in [0.05, 0.1) is 13.0 Å². The van der Waals surface area contributed by atoms with E-state index < -0.39 is 6.36 Å². The smallest absolute Gasteiger partial charge is 0.469 e. The maximum Gasteiger partial charge on any atom is 0.573 e. The maximum atomic E-state index is 12.3. The van der Waals surface area contributed by atoms with Gasteiger partial charge < -0.3 is 9.47 Å². The molecule has 144 valence electrons. The summed E-state index contributed by atoms with van der Waals surface area (Å²) in [5, 5.41) is 0. The van der Waals surface area contributed by atoms with Crippen LogP contribution in [0.4, 0.5) is 13.2 Å². The predicted octanol–water partition coefficient (Wildman–Crippen LogP) is 3.97. The SMILES string of the molecule is COC(=O)C1CN(Cc2ccccc2)CC1c1ccc(OC(F)(F)F)cc1. The van der Waals surface area contributed by atoms with E-state index in [1.54, 1.807) is 12.1 Å². The van der Waals surface area contributed by atoms with E-state index in [2.05, 4.69) is 9.64 Å². The number of likely N-dealkylation sites (tertiary alicyclic amines) is 1. The van der Waals surface area contributed by atoms with Gasteiger partial charge in [-0.25, -0.2) is 0 Å². The lowest BCUT2D eigenvalue weighted by molar-refractivity contribution is -0.274. The van der Waals surface area contributed by atoms with E-state index in [1.807, 2.05) is 30.3 Å². The topological polar surface area (TPSA) is 38.8 Å². The molecule has 2 unspecified atom stereocenters. The minimum absolute atomic E-state index is 0.152. The molecular weight excluding hydrogens is 359 g/mol. The largest absolute Gasteiger partial charge is 0.573 e. The second-order valence-corrected chi connectivity index (χ2v) is 6.53. The first-order valence-corrected chi connectivity index (χ1v) is 8.55. The normalized spacial score (nSPS) is 20.4. The van der Waals surface area contributed by atoms with Crippen LogP contribution in [0.25, 0.3) is 0 Å². The number of carbonyl (C=O) groups excluding carboxylic acids is 1.